The molecule has 4 heteroatoms. The molecule has 2 unspecified atom stereocenters. The summed E-state index contributed by atoms with van der Waals surface area (Å²) < 4.78 is 5.20. The Morgan fingerprint density at radius 1 is 1.33 bits per heavy atom. The lowest BCUT2D eigenvalue weighted by Crippen LogP contribution is -2.50. The highest BCUT2D eigenvalue weighted by Crippen LogP contribution is 2.23. The Hall–Kier alpha value is -0.610. The van der Waals surface area contributed by atoms with Crippen molar-refractivity contribution >= 4 is 5.91 Å². The normalized spacial score (nSPS) is 30.4. The highest BCUT2D eigenvalue weighted by molar-refractivity contribution is 5.79. The number of amides is 1. The van der Waals surface area contributed by atoms with Crippen LogP contribution in [0.2, 0.25) is 0 Å². The first-order chi connectivity index (χ1) is 8.72. The van der Waals surface area contributed by atoms with E-state index in [4.69, 9.17) is 4.74 Å². The van der Waals surface area contributed by atoms with Gasteiger partial charge in [-0.05, 0) is 45.1 Å². The lowest BCUT2D eigenvalue weighted by atomic mass is 9.89. The van der Waals surface area contributed by atoms with Gasteiger partial charge in [-0.15, -0.1) is 0 Å². The first kappa shape index (κ1) is 13.8. The Kier molecular flexibility index (Phi) is 5.01. The summed E-state index contributed by atoms with van der Waals surface area (Å²) in [5, 5.41) is 3.41. The highest BCUT2D eigenvalue weighted by Gasteiger charge is 2.32. The van der Waals surface area contributed by atoms with Crippen molar-refractivity contribution in [1.29, 1.82) is 0 Å². The average molecular weight is 254 g/mol. The van der Waals surface area contributed by atoms with E-state index in [2.05, 4.69) is 17.1 Å². The van der Waals surface area contributed by atoms with Crippen molar-refractivity contribution in [3.8, 4) is 0 Å². The molecule has 0 aromatic heterocycles. The van der Waals surface area contributed by atoms with Gasteiger partial charge in [-0.2, -0.15) is 0 Å². The number of nitrogens with zero attached hydrogens (tertiary/aromatic N) is 1. The maximum absolute atomic E-state index is 12.5. The van der Waals surface area contributed by atoms with Crippen LogP contribution >= 0.6 is 0 Å². The lowest BCUT2D eigenvalue weighted by molar-refractivity contribution is -0.138. The topological polar surface area (TPSA) is 41.6 Å². The maximum Gasteiger partial charge on any atom is 0.227 e. The van der Waals surface area contributed by atoms with E-state index in [0.717, 1.165) is 51.9 Å². The molecule has 0 aliphatic carbocycles. The fourth-order valence-corrected chi connectivity index (χ4v) is 3.17. The molecular weight excluding hydrogens is 228 g/mol. The number of nitrogens with one attached hydrogen (secondary N) is 1. The van der Waals surface area contributed by atoms with Gasteiger partial charge < -0.3 is 15.0 Å². The standard InChI is InChI=1S/C14H26N2O2/c1-11-13(4-3-7-15-11)14(17)16-8-5-12(6-9-16)10-18-2/h11-13,15H,3-10H2,1-2H3. The quantitative estimate of drug-likeness (QED) is 0.824. The predicted octanol–water partition coefficient (Wildman–Crippen LogP) is 1.26. The molecule has 2 atom stereocenters. The summed E-state index contributed by atoms with van der Waals surface area (Å²) in [6.45, 7) is 5.86. The first-order valence-electron chi connectivity index (χ1n) is 7.23. The summed E-state index contributed by atoms with van der Waals surface area (Å²) in [5.41, 5.74) is 0. The minimum Gasteiger partial charge on any atom is -0.384 e. The van der Waals surface area contributed by atoms with Crippen molar-refractivity contribution < 1.29 is 9.53 Å². The second-order valence-electron chi connectivity index (χ2n) is 5.72. The van der Waals surface area contributed by atoms with Crippen molar-refractivity contribution in [2.24, 2.45) is 11.8 Å². The molecule has 18 heavy (non-hydrogen) atoms. The van der Waals surface area contributed by atoms with Gasteiger partial charge in [-0.1, -0.05) is 0 Å². The van der Waals surface area contributed by atoms with E-state index in [1.807, 2.05) is 0 Å². The molecule has 2 fully saturated rings. The minimum absolute atomic E-state index is 0.192. The van der Waals surface area contributed by atoms with Crippen LogP contribution in [0.5, 0.6) is 0 Å². The number of ether oxygens (including phenoxy) is 1. The van der Waals surface area contributed by atoms with Crippen molar-refractivity contribution in [3.05, 3.63) is 0 Å². The molecule has 0 radical (unpaired) electrons. The third kappa shape index (κ3) is 3.23. The zero-order valence-electron chi connectivity index (χ0n) is 11.7. The number of rotatable bonds is 3. The van der Waals surface area contributed by atoms with Gasteiger partial charge in [-0.25, -0.2) is 0 Å². The first-order valence-corrected chi connectivity index (χ1v) is 7.23. The third-order valence-electron chi connectivity index (χ3n) is 4.41. The van der Waals surface area contributed by atoms with Gasteiger partial charge in [0, 0.05) is 32.8 Å². The van der Waals surface area contributed by atoms with E-state index in [1.165, 1.54) is 0 Å². The molecule has 2 aliphatic heterocycles. The number of carbonyl (C=O) groups excluding carboxylic acids is 1. The van der Waals surface area contributed by atoms with E-state index in [9.17, 15) is 4.79 Å². The summed E-state index contributed by atoms with van der Waals surface area (Å²) in [6.07, 6.45) is 4.36. The Labute approximate surface area is 110 Å². The van der Waals surface area contributed by atoms with Crippen LogP contribution in [0, 0.1) is 11.8 Å². The van der Waals surface area contributed by atoms with Crippen LogP contribution in [0.3, 0.4) is 0 Å². The molecule has 2 aliphatic rings. The van der Waals surface area contributed by atoms with Crippen molar-refractivity contribution in [2.45, 2.75) is 38.6 Å². The molecule has 2 rings (SSSR count). The van der Waals surface area contributed by atoms with Gasteiger partial charge in [0.2, 0.25) is 5.91 Å². The van der Waals surface area contributed by atoms with Crippen molar-refractivity contribution in [3.63, 3.8) is 0 Å². The molecular formula is C14H26N2O2. The number of hydrogen-bond donors (Lipinski definition) is 1. The minimum atomic E-state index is 0.192. The lowest BCUT2D eigenvalue weighted by Gasteiger charge is -2.37. The molecule has 104 valence electrons. The molecule has 0 aromatic rings. The number of methoxy groups -OCH3 is 1. The maximum atomic E-state index is 12.5. The summed E-state index contributed by atoms with van der Waals surface area (Å²) in [4.78, 5) is 14.6. The van der Waals surface area contributed by atoms with Gasteiger partial charge >= 0.3 is 0 Å². The van der Waals surface area contributed by atoms with E-state index in [0.29, 0.717) is 17.9 Å². The molecule has 1 N–H and O–H groups in total. The monoisotopic (exact) mass is 254 g/mol. The second-order valence-corrected chi connectivity index (χ2v) is 5.72. The zero-order chi connectivity index (χ0) is 13.0. The summed E-state index contributed by atoms with van der Waals surface area (Å²) in [7, 11) is 1.76. The van der Waals surface area contributed by atoms with E-state index in [1.54, 1.807) is 7.11 Å². The number of hydrogen-bond acceptors (Lipinski definition) is 3. The van der Waals surface area contributed by atoms with E-state index < -0.39 is 0 Å². The molecule has 2 heterocycles. The van der Waals surface area contributed by atoms with Crippen LogP contribution in [0.4, 0.5) is 0 Å². The second kappa shape index (κ2) is 6.53. The molecule has 0 bridgehead atoms. The summed E-state index contributed by atoms with van der Waals surface area (Å²) in [5.74, 6) is 1.20. The number of carbonyl (C=O) groups is 1. The van der Waals surface area contributed by atoms with E-state index in [-0.39, 0.29) is 5.92 Å². The predicted molar refractivity (Wildman–Crippen MR) is 71.4 cm³/mol. The van der Waals surface area contributed by atoms with E-state index >= 15 is 0 Å². The third-order valence-corrected chi connectivity index (χ3v) is 4.41. The largest absolute Gasteiger partial charge is 0.384 e. The van der Waals surface area contributed by atoms with Crippen LogP contribution < -0.4 is 5.32 Å². The molecule has 1 amide bonds. The van der Waals surface area contributed by atoms with Crippen LogP contribution in [-0.4, -0.2) is 50.2 Å². The van der Waals surface area contributed by atoms with Gasteiger partial charge in [0.15, 0.2) is 0 Å². The molecule has 2 saturated heterocycles. The SMILES string of the molecule is COCC1CCN(C(=O)C2CCCNC2C)CC1. The Bertz CT molecular complexity index is 275. The Balaban J connectivity index is 1.83. The van der Waals surface area contributed by atoms with Gasteiger partial charge in [0.25, 0.3) is 0 Å². The van der Waals surface area contributed by atoms with Crippen molar-refractivity contribution in [2.75, 3.05) is 33.4 Å². The van der Waals surface area contributed by atoms with Gasteiger partial charge in [0.05, 0.1) is 5.92 Å². The molecule has 0 aromatic carbocycles. The zero-order valence-corrected chi connectivity index (χ0v) is 11.7. The fourth-order valence-electron chi connectivity index (χ4n) is 3.17. The van der Waals surface area contributed by atoms with Crippen LogP contribution in [0.1, 0.15) is 32.6 Å². The Morgan fingerprint density at radius 3 is 2.67 bits per heavy atom. The van der Waals surface area contributed by atoms with Gasteiger partial charge in [-0.3, -0.25) is 4.79 Å². The van der Waals surface area contributed by atoms with Crippen LogP contribution in [0.15, 0.2) is 0 Å². The van der Waals surface area contributed by atoms with Crippen LogP contribution in [-0.2, 0) is 9.53 Å². The summed E-state index contributed by atoms with van der Waals surface area (Å²) >= 11 is 0. The average Bonchev–Trinajstić information content (AvgIpc) is 2.40. The smallest absolute Gasteiger partial charge is 0.227 e. The van der Waals surface area contributed by atoms with Crippen LogP contribution in [0.25, 0.3) is 0 Å². The molecule has 0 saturated carbocycles. The van der Waals surface area contributed by atoms with Gasteiger partial charge in [0.1, 0.15) is 0 Å². The molecule has 0 spiro atoms. The highest BCUT2D eigenvalue weighted by atomic mass is 16.5. The number of likely N-dealkylation sites (tertiary alicyclic amines) is 1. The molecule has 4 nitrogen and oxygen atoms in total. The fraction of sp³-hybridized carbons (Fsp3) is 0.929. The summed E-state index contributed by atoms with van der Waals surface area (Å²) in [6, 6.07) is 0.336. The van der Waals surface area contributed by atoms with Crippen molar-refractivity contribution in [1.82, 2.24) is 10.2 Å². The number of piperidine rings is 2. The Morgan fingerprint density at radius 2 is 2.06 bits per heavy atom.